The number of aromatic nitrogens is 2. The van der Waals surface area contributed by atoms with Crippen LogP contribution in [0.15, 0.2) is 35.8 Å². The fourth-order valence-corrected chi connectivity index (χ4v) is 2.41. The molecule has 1 aromatic carbocycles. The van der Waals surface area contributed by atoms with Gasteiger partial charge >= 0.3 is 5.97 Å². The van der Waals surface area contributed by atoms with Crippen LogP contribution in [0, 0.1) is 11.3 Å². The number of esters is 1. The van der Waals surface area contributed by atoms with Crippen LogP contribution in [0.4, 0.5) is 0 Å². The molecule has 3 aromatic rings. The van der Waals surface area contributed by atoms with Crippen molar-refractivity contribution in [2.24, 2.45) is 0 Å². The Balaban J connectivity index is 1.88. The minimum absolute atomic E-state index is 0.312. The highest BCUT2D eigenvalue weighted by Gasteiger charge is 2.15. The molecular formula is C13H7N3O2S. The largest absolute Gasteiger partial charge is 0.422 e. The Morgan fingerprint density at radius 1 is 1.42 bits per heavy atom. The van der Waals surface area contributed by atoms with Gasteiger partial charge in [-0.1, -0.05) is 0 Å². The number of carbonyl (C=O) groups is 1. The van der Waals surface area contributed by atoms with E-state index >= 15 is 0 Å². The van der Waals surface area contributed by atoms with Gasteiger partial charge in [-0.2, -0.15) is 10.4 Å². The van der Waals surface area contributed by atoms with Gasteiger partial charge in [0, 0.05) is 11.5 Å². The van der Waals surface area contributed by atoms with Gasteiger partial charge in [-0.25, -0.2) is 4.79 Å². The summed E-state index contributed by atoms with van der Waals surface area (Å²) in [6.07, 6.45) is 1.69. The van der Waals surface area contributed by atoms with Crippen molar-refractivity contribution in [2.45, 2.75) is 0 Å². The lowest BCUT2D eigenvalue weighted by molar-refractivity contribution is 0.0740. The summed E-state index contributed by atoms with van der Waals surface area (Å²) in [5, 5.41) is 18.2. The predicted octanol–water partition coefficient (Wildman–Crippen LogP) is 2.72. The molecule has 1 N–H and O–H groups in total. The molecule has 19 heavy (non-hydrogen) atoms. The number of hydrogen-bond acceptors (Lipinski definition) is 5. The van der Waals surface area contributed by atoms with E-state index in [1.807, 2.05) is 6.07 Å². The number of rotatable bonds is 2. The summed E-state index contributed by atoms with van der Waals surface area (Å²) in [6, 6.07) is 8.75. The second-order valence-electron chi connectivity index (χ2n) is 3.78. The van der Waals surface area contributed by atoms with Gasteiger partial charge in [0.05, 0.1) is 17.3 Å². The van der Waals surface area contributed by atoms with Gasteiger partial charge in [0.25, 0.3) is 0 Å². The maximum absolute atomic E-state index is 11.9. The highest BCUT2D eigenvalue weighted by atomic mass is 32.1. The number of H-pyrrole nitrogens is 1. The quantitative estimate of drug-likeness (QED) is 0.573. The zero-order chi connectivity index (χ0) is 13.2. The summed E-state index contributed by atoms with van der Waals surface area (Å²) < 4.78 is 5.25. The van der Waals surface area contributed by atoms with Gasteiger partial charge in [0.1, 0.15) is 16.7 Å². The zero-order valence-electron chi connectivity index (χ0n) is 9.58. The summed E-state index contributed by atoms with van der Waals surface area (Å²) in [6.45, 7) is 0. The second kappa shape index (κ2) is 4.55. The molecule has 0 atom stereocenters. The molecule has 0 unspecified atom stereocenters. The molecule has 0 saturated heterocycles. The first-order valence-electron chi connectivity index (χ1n) is 5.41. The van der Waals surface area contributed by atoms with Crippen molar-refractivity contribution in [2.75, 3.05) is 0 Å². The first kappa shape index (κ1) is 11.4. The Morgan fingerprint density at radius 2 is 2.32 bits per heavy atom. The van der Waals surface area contributed by atoms with Gasteiger partial charge in [0.2, 0.25) is 0 Å². The van der Waals surface area contributed by atoms with Crippen molar-refractivity contribution in [1.29, 1.82) is 5.26 Å². The number of benzene rings is 1. The van der Waals surface area contributed by atoms with Crippen LogP contribution in [0.3, 0.4) is 0 Å². The van der Waals surface area contributed by atoms with Crippen LogP contribution in [0.5, 0.6) is 5.75 Å². The van der Waals surface area contributed by atoms with E-state index in [2.05, 4.69) is 10.2 Å². The fourth-order valence-electron chi connectivity index (χ4n) is 1.69. The molecular weight excluding hydrogens is 262 g/mol. The Hall–Kier alpha value is -2.65. The van der Waals surface area contributed by atoms with Crippen LogP contribution in [-0.4, -0.2) is 16.2 Å². The number of carbonyl (C=O) groups excluding carboxylic acids is 1. The Labute approximate surface area is 112 Å². The molecule has 0 saturated carbocycles. The number of thiophene rings is 1. The third-order valence-corrected chi connectivity index (χ3v) is 3.49. The molecule has 6 heteroatoms. The van der Waals surface area contributed by atoms with Crippen molar-refractivity contribution in [3.63, 3.8) is 0 Å². The third kappa shape index (κ3) is 2.07. The summed E-state index contributed by atoms with van der Waals surface area (Å²) in [4.78, 5) is 12.3. The average molecular weight is 269 g/mol. The van der Waals surface area contributed by atoms with Crippen LogP contribution < -0.4 is 4.74 Å². The molecule has 0 bridgehead atoms. The number of nitriles is 1. The lowest BCUT2D eigenvalue weighted by atomic mass is 10.2. The average Bonchev–Trinajstić information content (AvgIpc) is 3.06. The van der Waals surface area contributed by atoms with E-state index in [4.69, 9.17) is 10.00 Å². The maximum atomic E-state index is 11.9. The number of ether oxygens (including phenoxy) is 1. The molecule has 92 valence electrons. The number of fused-ring (bicyclic) bond motifs is 1. The highest BCUT2D eigenvalue weighted by molar-refractivity contribution is 7.12. The fraction of sp³-hybridized carbons (Fsp3) is 0. The minimum atomic E-state index is -0.523. The monoisotopic (exact) mass is 269 g/mol. The second-order valence-corrected chi connectivity index (χ2v) is 4.70. The summed E-state index contributed by atoms with van der Waals surface area (Å²) in [5.41, 5.74) is 1.12. The van der Waals surface area contributed by atoms with E-state index < -0.39 is 5.97 Å². The molecule has 2 aromatic heterocycles. The normalized spacial score (nSPS) is 10.3. The molecule has 5 nitrogen and oxygen atoms in total. The van der Waals surface area contributed by atoms with Gasteiger partial charge in [0.15, 0.2) is 0 Å². The number of nitrogens with zero attached hydrogens (tertiary/aromatic N) is 2. The lowest BCUT2D eigenvalue weighted by Crippen LogP contribution is -2.07. The molecule has 0 aliphatic rings. The van der Waals surface area contributed by atoms with E-state index in [0.717, 1.165) is 10.9 Å². The number of hydrogen-bond donors (Lipinski definition) is 1. The molecule has 0 amide bonds. The smallest absolute Gasteiger partial charge is 0.355 e. The van der Waals surface area contributed by atoms with Crippen LogP contribution in [0.25, 0.3) is 10.9 Å². The van der Waals surface area contributed by atoms with Crippen LogP contribution in [0.1, 0.15) is 15.2 Å². The SMILES string of the molecule is N#Cc1ccsc1C(=O)Oc1ccc2cn[nH]c2c1. The van der Waals surface area contributed by atoms with E-state index in [1.54, 1.807) is 35.8 Å². The Morgan fingerprint density at radius 3 is 3.16 bits per heavy atom. The predicted molar refractivity (Wildman–Crippen MR) is 70.1 cm³/mol. The molecule has 2 heterocycles. The molecule has 0 aliphatic heterocycles. The molecule has 3 rings (SSSR count). The summed E-state index contributed by atoms with van der Waals surface area (Å²) in [7, 11) is 0. The molecule has 0 spiro atoms. The summed E-state index contributed by atoms with van der Waals surface area (Å²) >= 11 is 1.19. The van der Waals surface area contributed by atoms with Crippen LogP contribution in [0.2, 0.25) is 0 Å². The summed E-state index contributed by atoms with van der Waals surface area (Å²) in [5.74, 6) is -0.107. The Bertz CT molecular complexity index is 797. The molecule has 0 radical (unpaired) electrons. The van der Waals surface area contributed by atoms with E-state index in [0.29, 0.717) is 16.2 Å². The molecule has 0 aliphatic carbocycles. The molecule has 0 fully saturated rings. The minimum Gasteiger partial charge on any atom is -0.422 e. The van der Waals surface area contributed by atoms with Crippen molar-refractivity contribution in [1.82, 2.24) is 10.2 Å². The van der Waals surface area contributed by atoms with Gasteiger partial charge < -0.3 is 4.74 Å². The van der Waals surface area contributed by atoms with Gasteiger partial charge in [-0.15, -0.1) is 11.3 Å². The van der Waals surface area contributed by atoms with Crippen molar-refractivity contribution in [3.05, 3.63) is 46.3 Å². The first-order chi connectivity index (χ1) is 9.28. The highest BCUT2D eigenvalue weighted by Crippen LogP contribution is 2.22. The van der Waals surface area contributed by atoms with Crippen LogP contribution >= 0.6 is 11.3 Å². The van der Waals surface area contributed by atoms with Crippen molar-refractivity contribution < 1.29 is 9.53 Å². The number of aromatic amines is 1. The van der Waals surface area contributed by atoms with E-state index in [9.17, 15) is 4.79 Å². The van der Waals surface area contributed by atoms with Gasteiger partial charge in [-0.05, 0) is 23.6 Å². The van der Waals surface area contributed by atoms with Crippen molar-refractivity contribution in [3.8, 4) is 11.8 Å². The standard InChI is InChI=1S/C13H7N3O2S/c14-6-8-3-4-19-12(8)13(17)18-10-2-1-9-7-15-16-11(9)5-10/h1-5,7H,(H,15,16). The Kier molecular flexibility index (Phi) is 2.74. The van der Waals surface area contributed by atoms with Crippen LogP contribution in [-0.2, 0) is 0 Å². The van der Waals surface area contributed by atoms with Gasteiger partial charge in [-0.3, -0.25) is 5.10 Å². The lowest BCUT2D eigenvalue weighted by Gasteiger charge is -2.02. The van der Waals surface area contributed by atoms with E-state index in [-0.39, 0.29) is 0 Å². The topological polar surface area (TPSA) is 78.8 Å². The maximum Gasteiger partial charge on any atom is 0.355 e. The van der Waals surface area contributed by atoms with Crippen molar-refractivity contribution >= 4 is 28.2 Å². The number of nitrogens with one attached hydrogen (secondary N) is 1. The third-order valence-electron chi connectivity index (χ3n) is 2.60. The first-order valence-corrected chi connectivity index (χ1v) is 6.29. The van der Waals surface area contributed by atoms with E-state index in [1.165, 1.54) is 11.3 Å². The zero-order valence-corrected chi connectivity index (χ0v) is 10.4.